The summed E-state index contributed by atoms with van der Waals surface area (Å²) < 4.78 is 2.72. The Morgan fingerprint density at radius 2 is 2.28 bits per heavy atom. The second-order valence-corrected chi connectivity index (χ2v) is 5.02. The Balaban J connectivity index is 2.44. The van der Waals surface area contributed by atoms with Crippen molar-refractivity contribution in [2.75, 3.05) is 0 Å². The SMILES string of the molecule is CCn1ncc(Cl)c1C(NN)c1ccc(Br)cn1. The lowest BCUT2D eigenvalue weighted by Crippen LogP contribution is -2.31. The number of hydrazine groups is 1. The topological polar surface area (TPSA) is 68.8 Å². The highest BCUT2D eigenvalue weighted by Crippen LogP contribution is 2.27. The number of nitrogens with one attached hydrogen (secondary N) is 1. The predicted molar refractivity (Wildman–Crippen MR) is 74.0 cm³/mol. The smallest absolute Gasteiger partial charge is 0.106 e. The number of pyridine rings is 1. The monoisotopic (exact) mass is 329 g/mol. The van der Waals surface area contributed by atoms with Crippen molar-refractivity contribution in [2.24, 2.45) is 5.84 Å². The Bertz CT molecular complexity index is 525. The molecule has 2 rings (SSSR count). The molecule has 1 atom stereocenters. The van der Waals surface area contributed by atoms with E-state index in [0.29, 0.717) is 5.02 Å². The summed E-state index contributed by atoms with van der Waals surface area (Å²) >= 11 is 9.51. The van der Waals surface area contributed by atoms with E-state index in [0.717, 1.165) is 22.4 Å². The number of nitrogens with zero attached hydrogens (tertiary/aromatic N) is 3. The van der Waals surface area contributed by atoms with Gasteiger partial charge < -0.3 is 0 Å². The molecule has 1 unspecified atom stereocenters. The highest BCUT2D eigenvalue weighted by molar-refractivity contribution is 9.10. The van der Waals surface area contributed by atoms with Gasteiger partial charge in [-0.3, -0.25) is 15.5 Å². The maximum atomic E-state index is 6.16. The van der Waals surface area contributed by atoms with E-state index in [1.807, 2.05) is 19.1 Å². The van der Waals surface area contributed by atoms with Crippen molar-refractivity contribution >= 4 is 27.5 Å². The van der Waals surface area contributed by atoms with Gasteiger partial charge in [-0.15, -0.1) is 0 Å². The normalized spacial score (nSPS) is 12.7. The molecule has 0 radical (unpaired) electrons. The van der Waals surface area contributed by atoms with Gasteiger partial charge in [0, 0.05) is 17.2 Å². The Hall–Kier alpha value is -0.950. The van der Waals surface area contributed by atoms with E-state index in [4.69, 9.17) is 17.4 Å². The van der Waals surface area contributed by atoms with E-state index < -0.39 is 0 Å². The summed E-state index contributed by atoms with van der Waals surface area (Å²) in [6, 6.07) is 3.51. The molecule has 3 N–H and O–H groups in total. The number of halogens is 2. The Kier molecular flexibility index (Phi) is 4.34. The van der Waals surface area contributed by atoms with Crippen molar-refractivity contribution in [1.29, 1.82) is 0 Å². The number of aromatic nitrogens is 3. The van der Waals surface area contributed by atoms with Gasteiger partial charge in [-0.05, 0) is 35.0 Å². The predicted octanol–water partition coefficient (Wildman–Crippen LogP) is 2.27. The molecule has 0 amide bonds. The minimum Gasteiger partial charge on any atom is -0.270 e. The average Bonchev–Trinajstić information content (AvgIpc) is 2.74. The van der Waals surface area contributed by atoms with Crippen LogP contribution in [0.4, 0.5) is 0 Å². The first kappa shape index (κ1) is 13.5. The maximum absolute atomic E-state index is 6.16. The van der Waals surface area contributed by atoms with Crippen LogP contribution in [0.5, 0.6) is 0 Å². The summed E-state index contributed by atoms with van der Waals surface area (Å²) in [7, 11) is 0. The highest BCUT2D eigenvalue weighted by atomic mass is 79.9. The number of nitrogens with two attached hydrogens (primary N) is 1. The van der Waals surface area contributed by atoms with Crippen LogP contribution < -0.4 is 11.3 Å². The molecule has 2 aromatic heterocycles. The van der Waals surface area contributed by atoms with Crippen LogP contribution in [0.3, 0.4) is 0 Å². The number of rotatable bonds is 4. The maximum Gasteiger partial charge on any atom is 0.106 e. The lowest BCUT2D eigenvalue weighted by Gasteiger charge is -2.17. The van der Waals surface area contributed by atoms with Gasteiger partial charge in [0.1, 0.15) is 6.04 Å². The molecule has 0 saturated carbocycles. The van der Waals surface area contributed by atoms with Crippen molar-refractivity contribution in [3.8, 4) is 0 Å². The molecule has 0 aliphatic carbocycles. The molecule has 0 aliphatic rings. The van der Waals surface area contributed by atoms with Crippen LogP contribution in [0.15, 0.2) is 29.0 Å². The molecule has 5 nitrogen and oxygen atoms in total. The van der Waals surface area contributed by atoms with Crippen LogP contribution in [0.1, 0.15) is 24.4 Å². The zero-order valence-corrected chi connectivity index (χ0v) is 12.1. The molecule has 0 bridgehead atoms. The standard InChI is InChI=1S/C11H13BrClN5/c1-2-18-11(8(13)6-16-18)10(17-14)9-4-3-7(12)5-15-9/h3-6,10,17H,2,14H2,1H3. The van der Waals surface area contributed by atoms with Gasteiger partial charge >= 0.3 is 0 Å². The van der Waals surface area contributed by atoms with Crippen molar-refractivity contribution in [2.45, 2.75) is 19.5 Å². The number of aryl methyl sites for hydroxylation is 1. The fourth-order valence-corrected chi connectivity index (χ4v) is 2.26. The van der Waals surface area contributed by atoms with Crippen LogP contribution in [0.2, 0.25) is 5.02 Å². The summed E-state index contributed by atoms with van der Waals surface area (Å²) in [6.07, 6.45) is 3.34. The van der Waals surface area contributed by atoms with Crippen molar-refractivity contribution in [1.82, 2.24) is 20.2 Å². The lowest BCUT2D eigenvalue weighted by molar-refractivity contribution is 0.535. The molecule has 0 aliphatic heterocycles. The zero-order valence-electron chi connectivity index (χ0n) is 9.77. The van der Waals surface area contributed by atoms with Crippen LogP contribution in [0.25, 0.3) is 0 Å². The molecule has 96 valence electrons. The molecule has 0 spiro atoms. The Labute approximate surface area is 118 Å². The molecule has 0 fully saturated rings. The highest BCUT2D eigenvalue weighted by Gasteiger charge is 2.21. The van der Waals surface area contributed by atoms with Crippen LogP contribution >= 0.6 is 27.5 Å². The van der Waals surface area contributed by atoms with E-state index >= 15 is 0 Å². The van der Waals surface area contributed by atoms with Crippen molar-refractivity contribution in [3.05, 3.63) is 45.4 Å². The number of hydrogen-bond acceptors (Lipinski definition) is 4. The van der Waals surface area contributed by atoms with E-state index in [1.54, 1.807) is 17.1 Å². The summed E-state index contributed by atoms with van der Waals surface area (Å²) in [5, 5.41) is 4.77. The minimum absolute atomic E-state index is 0.284. The van der Waals surface area contributed by atoms with Crippen LogP contribution in [-0.4, -0.2) is 14.8 Å². The van der Waals surface area contributed by atoms with Gasteiger partial charge in [-0.1, -0.05) is 11.6 Å². The van der Waals surface area contributed by atoms with E-state index in [9.17, 15) is 0 Å². The average molecular weight is 331 g/mol. The quantitative estimate of drug-likeness (QED) is 0.666. The summed E-state index contributed by atoms with van der Waals surface area (Å²) in [5.74, 6) is 5.63. The van der Waals surface area contributed by atoms with Crippen LogP contribution in [0, 0.1) is 0 Å². The molecular formula is C11H13BrClN5. The van der Waals surface area contributed by atoms with Gasteiger partial charge in [0.25, 0.3) is 0 Å². The fourth-order valence-electron chi connectivity index (χ4n) is 1.77. The van der Waals surface area contributed by atoms with Gasteiger partial charge in [-0.2, -0.15) is 5.10 Å². The first-order chi connectivity index (χ1) is 8.67. The Morgan fingerprint density at radius 3 is 2.83 bits per heavy atom. The molecule has 0 saturated heterocycles. The molecule has 2 heterocycles. The lowest BCUT2D eigenvalue weighted by atomic mass is 10.1. The van der Waals surface area contributed by atoms with Gasteiger partial charge in [0.15, 0.2) is 0 Å². The zero-order chi connectivity index (χ0) is 13.1. The largest absolute Gasteiger partial charge is 0.270 e. The molecule has 7 heteroatoms. The van der Waals surface area contributed by atoms with Crippen molar-refractivity contribution in [3.63, 3.8) is 0 Å². The fraction of sp³-hybridized carbons (Fsp3) is 0.273. The first-order valence-electron chi connectivity index (χ1n) is 5.46. The third-order valence-electron chi connectivity index (χ3n) is 2.62. The van der Waals surface area contributed by atoms with E-state index in [-0.39, 0.29) is 6.04 Å². The summed E-state index contributed by atoms with van der Waals surface area (Å²) in [6.45, 7) is 2.71. The molecule has 18 heavy (non-hydrogen) atoms. The van der Waals surface area contributed by atoms with Crippen molar-refractivity contribution < 1.29 is 0 Å². The molecular weight excluding hydrogens is 318 g/mol. The third kappa shape index (κ3) is 2.56. The third-order valence-corrected chi connectivity index (χ3v) is 3.38. The van der Waals surface area contributed by atoms with Gasteiger partial charge in [-0.25, -0.2) is 5.43 Å². The summed E-state index contributed by atoms with van der Waals surface area (Å²) in [5.41, 5.74) is 4.34. The Morgan fingerprint density at radius 1 is 1.50 bits per heavy atom. The second-order valence-electron chi connectivity index (χ2n) is 3.69. The summed E-state index contributed by atoms with van der Waals surface area (Å²) in [4.78, 5) is 4.33. The minimum atomic E-state index is -0.284. The van der Waals surface area contributed by atoms with E-state index in [1.165, 1.54) is 0 Å². The molecule has 0 aromatic carbocycles. The van der Waals surface area contributed by atoms with Gasteiger partial charge in [0.05, 0.1) is 22.6 Å². The molecule has 2 aromatic rings. The van der Waals surface area contributed by atoms with E-state index in [2.05, 4.69) is 31.4 Å². The number of hydrogen-bond donors (Lipinski definition) is 2. The van der Waals surface area contributed by atoms with Crippen LogP contribution in [-0.2, 0) is 6.54 Å². The first-order valence-corrected chi connectivity index (χ1v) is 6.63. The second kappa shape index (κ2) is 5.79. The van der Waals surface area contributed by atoms with Gasteiger partial charge in [0.2, 0.25) is 0 Å².